The Labute approximate surface area is 257 Å². The number of para-hydroxylation sites is 1. The Morgan fingerprint density at radius 1 is 0.955 bits per heavy atom. The van der Waals surface area contributed by atoms with Gasteiger partial charge in [-0.15, -0.1) is 0 Å². The van der Waals surface area contributed by atoms with E-state index in [1.807, 2.05) is 102 Å². The standard InChI is InChI=1S/C34H28N6O3S/c1-21(22-8-3-2-4-9-22)40-19-24(18-35-40)25-14-15-30(37-31(25)33(42)43)39-17-16-23-10-7-11-26(27(23)20-39)32(41)38-34-36-28-12-5-6-13-29(28)44-34/h2-15,18-19,21H,16-17,20H2,1H3,(H,42,43)(H,36,38,41). The Morgan fingerprint density at radius 3 is 2.59 bits per heavy atom. The van der Waals surface area contributed by atoms with Crippen LogP contribution in [0.3, 0.4) is 0 Å². The summed E-state index contributed by atoms with van der Waals surface area (Å²) in [6, 6.07) is 27.2. The lowest BCUT2D eigenvalue weighted by Crippen LogP contribution is -2.33. The fourth-order valence-corrected chi connectivity index (χ4v) is 6.53. The van der Waals surface area contributed by atoms with Gasteiger partial charge in [-0.3, -0.25) is 14.8 Å². The smallest absolute Gasteiger partial charge is 0.355 e. The number of anilines is 2. The van der Waals surface area contributed by atoms with Gasteiger partial charge < -0.3 is 10.0 Å². The molecule has 0 spiro atoms. The molecule has 2 N–H and O–H groups in total. The van der Waals surface area contributed by atoms with Crippen molar-refractivity contribution in [3.8, 4) is 11.1 Å². The highest BCUT2D eigenvalue weighted by atomic mass is 32.1. The highest BCUT2D eigenvalue weighted by Gasteiger charge is 2.25. The molecule has 0 fully saturated rings. The van der Waals surface area contributed by atoms with Gasteiger partial charge in [-0.2, -0.15) is 5.10 Å². The fraction of sp³-hybridized carbons (Fsp3) is 0.147. The van der Waals surface area contributed by atoms with Crippen molar-refractivity contribution in [2.45, 2.75) is 25.9 Å². The van der Waals surface area contributed by atoms with Gasteiger partial charge in [-0.05, 0) is 60.4 Å². The van der Waals surface area contributed by atoms with E-state index in [4.69, 9.17) is 0 Å². The van der Waals surface area contributed by atoms with Gasteiger partial charge in [0.2, 0.25) is 0 Å². The van der Waals surface area contributed by atoms with Crippen molar-refractivity contribution in [1.82, 2.24) is 19.7 Å². The van der Waals surface area contributed by atoms with E-state index in [-0.39, 0.29) is 17.6 Å². The number of carbonyl (C=O) groups excluding carboxylic acids is 1. The van der Waals surface area contributed by atoms with Crippen molar-refractivity contribution in [3.05, 3.63) is 125 Å². The number of aromatic carboxylic acids is 1. The van der Waals surface area contributed by atoms with Crippen LogP contribution < -0.4 is 10.2 Å². The van der Waals surface area contributed by atoms with Crippen molar-refractivity contribution in [2.24, 2.45) is 0 Å². The summed E-state index contributed by atoms with van der Waals surface area (Å²) >= 11 is 1.44. The van der Waals surface area contributed by atoms with Crippen LogP contribution in [-0.2, 0) is 13.0 Å². The second-order valence-electron chi connectivity index (χ2n) is 10.7. The first-order valence-electron chi connectivity index (χ1n) is 14.3. The normalized spacial score (nSPS) is 13.4. The van der Waals surface area contributed by atoms with Gasteiger partial charge in [-0.1, -0.05) is 65.9 Å². The zero-order chi connectivity index (χ0) is 30.2. The number of carbonyl (C=O) groups is 2. The van der Waals surface area contributed by atoms with E-state index in [1.54, 1.807) is 12.3 Å². The Morgan fingerprint density at radius 2 is 1.77 bits per heavy atom. The number of thiazole rings is 1. The highest BCUT2D eigenvalue weighted by Crippen LogP contribution is 2.31. The third-order valence-electron chi connectivity index (χ3n) is 8.03. The van der Waals surface area contributed by atoms with Crippen LogP contribution in [0, 0.1) is 0 Å². The summed E-state index contributed by atoms with van der Waals surface area (Å²) in [5.41, 5.74) is 5.65. The largest absolute Gasteiger partial charge is 0.476 e. The molecule has 4 heterocycles. The molecule has 0 saturated heterocycles. The molecule has 1 amide bonds. The van der Waals surface area contributed by atoms with Crippen molar-refractivity contribution in [1.29, 1.82) is 0 Å². The van der Waals surface area contributed by atoms with Crippen LogP contribution >= 0.6 is 11.3 Å². The van der Waals surface area contributed by atoms with Crippen LogP contribution in [0.2, 0.25) is 0 Å². The molecule has 9 nitrogen and oxygen atoms in total. The molecule has 0 aliphatic carbocycles. The van der Waals surface area contributed by atoms with Gasteiger partial charge in [-0.25, -0.2) is 14.8 Å². The zero-order valence-electron chi connectivity index (χ0n) is 23.8. The first-order chi connectivity index (χ1) is 21.4. The molecule has 7 rings (SSSR count). The number of aromatic nitrogens is 4. The maximum atomic E-state index is 13.4. The predicted molar refractivity (Wildman–Crippen MR) is 171 cm³/mol. The number of amides is 1. The van der Waals surface area contributed by atoms with E-state index in [0.717, 1.165) is 26.9 Å². The summed E-state index contributed by atoms with van der Waals surface area (Å²) in [4.78, 5) is 37.0. The SMILES string of the molecule is CC(c1ccccc1)n1cc(-c2ccc(N3CCc4cccc(C(=O)Nc5nc6ccccc6s5)c4C3)nc2C(=O)O)cn1. The number of benzene rings is 3. The van der Waals surface area contributed by atoms with Gasteiger partial charge in [0.1, 0.15) is 5.82 Å². The summed E-state index contributed by atoms with van der Waals surface area (Å²) in [6.07, 6.45) is 4.23. The number of hydrogen-bond acceptors (Lipinski definition) is 7. The lowest BCUT2D eigenvalue weighted by molar-refractivity contribution is 0.0691. The highest BCUT2D eigenvalue weighted by molar-refractivity contribution is 7.22. The molecule has 3 aromatic heterocycles. The fourth-order valence-electron chi connectivity index (χ4n) is 5.67. The number of pyridine rings is 1. The minimum Gasteiger partial charge on any atom is -0.476 e. The van der Waals surface area contributed by atoms with Crippen molar-refractivity contribution < 1.29 is 14.7 Å². The molecule has 44 heavy (non-hydrogen) atoms. The third kappa shape index (κ3) is 5.20. The first-order valence-corrected chi connectivity index (χ1v) is 15.1. The molecule has 0 bridgehead atoms. The average Bonchev–Trinajstić information content (AvgIpc) is 3.71. The molecule has 0 radical (unpaired) electrons. The number of nitrogens with zero attached hydrogens (tertiary/aromatic N) is 5. The topological polar surface area (TPSA) is 113 Å². The Hall–Kier alpha value is -5.35. The maximum absolute atomic E-state index is 13.4. The molecule has 3 aromatic carbocycles. The van der Waals surface area contributed by atoms with Gasteiger partial charge in [0.05, 0.1) is 22.5 Å². The van der Waals surface area contributed by atoms with E-state index in [2.05, 4.69) is 20.4 Å². The number of fused-ring (bicyclic) bond motifs is 2. The Balaban J connectivity index is 1.14. The predicted octanol–water partition coefficient (Wildman–Crippen LogP) is 6.68. The van der Waals surface area contributed by atoms with Gasteiger partial charge in [0.25, 0.3) is 5.91 Å². The molecule has 0 saturated carbocycles. The summed E-state index contributed by atoms with van der Waals surface area (Å²) < 4.78 is 2.83. The lowest BCUT2D eigenvalue weighted by Gasteiger charge is -2.31. The Kier molecular flexibility index (Phi) is 7.11. The molecule has 1 aliphatic heterocycles. The van der Waals surface area contributed by atoms with E-state index in [1.165, 1.54) is 11.3 Å². The number of nitrogens with one attached hydrogen (secondary N) is 1. The van der Waals surface area contributed by atoms with Crippen molar-refractivity contribution in [3.63, 3.8) is 0 Å². The average molecular weight is 601 g/mol. The second-order valence-corrected chi connectivity index (χ2v) is 11.8. The zero-order valence-corrected chi connectivity index (χ0v) is 24.7. The second kappa shape index (κ2) is 11.4. The van der Waals surface area contributed by atoms with Crippen molar-refractivity contribution >= 4 is 44.4 Å². The quantitative estimate of drug-likeness (QED) is 0.210. The summed E-state index contributed by atoms with van der Waals surface area (Å²) in [7, 11) is 0. The van der Waals surface area contributed by atoms with Crippen LogP contribution in [0.15, 0.2) is 97.3 Å². The minimum atomic E-state index is -1.11. The van der Waals surface area contributed by atoms with Crippen LogP contribution in [0.1, 0.15) is 50.5 Å². The molecular weight excluding hydrogens is 572 g/mol. The summed E-state index contributed by atoms with van der Waals surface area (Å²) in [5, 5.41) is 18.2. The summed E-state index contributed by atoms with van der Waals surface area (Å²) in [5.74, 6) is -0.790. The van der Waals surface area contributed by atoms with Crippen LogP contribution in [0.5, 0.6) is 0 Å². The molecule has 218 valence electrons. The number of carboxylic acids is 1. The molecular formula is C34H28N6O3S. The number of rotatable bonds is 7. The van der Waals surface area contributed by atoms with Gasteiger partial charge in [0.15, 0.2) is 10.8 Å². The van der Waals surface area contributed by atoms with Gasteiger partial charge in [0, 0.05) is 36.0 Å². The van der Waals surface area contributed by atoms with Crippen LogP contribution in [0.25, 0.3) is 21.3 Å². The third-order valence-corrected chi connectivity index (χ3v) is 8.98. The molecule has 1 atom stereocenters. The van der Waals surface area contributed by atoms with E-state index < -0.39 is 5.97 Å². The molecule has 1 unspecified atom stereocenters. The monoisotopic (exact) mass is 600 g/mol. The minimum absolute atomic E-state index is 0.0140. The maximum Gasteiger partial charge on any atom is 0.355 e. The van der Waals surface area contributed by atoms with Crippen LogP contribution in [0.4, 0.5) is 10.9 Å². The van der Waals surface area contributed by atoms with Gasteiger partial charge >= 0.3 is 5.97 Å². The first kappa shape index (κ1) is 27.5. The number of hydrogen-bond donors (Lipinski definition) is 2. The molecule has 1 aliphatic rings. The number of carboxylic acid groups (broad SMARTS) is 1. The van der Waals surface area contributed by atoms with E-state index in [0.29, 0.717) is 47.2 Å². The van der Waals surface area contributed by atoms with E-state index >= 15 is 0 Å². The molecule has 10 heteroatoms. The lowest BCUT2D eigenvalue weighted by atomic mass is 9.94. The summed E-state index contributed by atoms with van der Waals surface area (Å²) in [6.45, 7) is 3.12. The molecule has 6 aromatic rings. The Bertz CT molecular complexity index is 1990. The van der Waals surface area contributed by atoms with E-state index in [9.17, 15) is 14.7 Å². The van der Waals surface area contributed by atoms with Crippen molar-refractivity contribution in [2.75, 3.05) is 16.8 Å². The van der Waals surface area contributed by atoms with Crippen LogP contribution in [-0.4, -0.2) is 43.3 Å².